The van der Waals surface area contributed by atoms with E-state index in [1.807, 2.05) is 0 Å². The summed E-state index contributed by atoms with van der Waals surface area (Å²) in [5, 5.41) is 12.2. The van der Waals surface area contributed by atoms with Gasteiger partial charge in [0.15, 0.2) is 0 Å². The lowest BCUT2D eigenvalue weighted by molar-refractivity contribution is -0.140. The molecule has 6 nitrogen and oxygen atoms in total. The van der Waals surface area contributed by atoms with Crippen LogP contribution in [-0.4, -0.2) is 32.4 Å². The summed E-state index contributed by atoms with van der Waals surface area (Å²) in [6, 6.07) is 2.33. The topological polar surface area (TPSA) is 83.7 Å². The van der Waals surface area contributed by atoms with E-state index in [1.54, 1.807) is 43.5 Å². The maximum atomic E-state index is 12.4. The van der Waals surface area contributed by atoms with E-state index in [-0.39, 0.29) is 5.92 Å². The molecular formula is C14H16ClN3O3. The first-order valence-corrected chi connectivity index (χ1v) is 6.87. The zero-order chi connectivity index (χ0) is 15.7. The number of hydrogen-bond acceptors (Lipinski definition) is 3. The molecule has 0 spiro atoms. The van der Waals surface area contributed by atoms with Crippen molar-refractivity contribution in [2.75, 3.05) is 0 Å². The van der Waals surface area contributed by atoms with Gasteiger partial charge in [-0.25, -0.2) is 9.78 Å². The van der Waals surface area contributed by atoms with Crippen molar-refractivity contribution < 1.29 is 14.7 Å². The molecule has 1 atom stereocenters. The van der Waals surface area contributed by atoms with E-state index in [0.29, 0.717) is 22.1 Å². The number of nitrogens with zero attached hydrogens (tertiary/aromatic N) is 2. The van der Waals surface area contributed by atoms with E-state index in [2.05, 4.69) is 10.3 Å². The Hall–Kier alpha value is -2.08. The molecule has 2 aromatic heterocycles. The molecule has 2 aromatic rings. The number of halogens is 1. The van der Waals surface area contributed by atoms with Gasteiger partial charge in [-0.05, 0) is 18.9 Å². The number of imidazole rings is 1. The van der Waals surface area contributed by atoms with Crippen LogP contribution in [0.4, 0.5) is 0 Å². The Morgan fingerprint density at radius 2 is 2.10 bits per heavy atom. The summed E-state index contributed by atoms with van der Waals surface area (Å²) in [6.07, 6.45) is 1.64. The molecule has 0 aliphatic rings. The molecule has 0 saturated heterocycles. The van der Waals surface area contributed by atoms with E-state index in [1.165, 1.54) is 0 Å². The third-order valence-electron chi connectivity index (χ3n) is 3.20. The molecule has 0 radical (unpaired) electrons. The van der Waals surface area contributed by atoms with Gasteiger partial charge in [0.05, 0.1) is 5.69 Å². The fourth-order valence-corrected chi connectivity index (χ4v) is 2.29. The number of pyridine rings is 1. The van der Waals surface area contributed by atoms with Crippen LogP contribution in [-0.2, 0) is 4.79 Å². The van der Waals surface area contributed by atoms with Gasteiger partial charge in [-0.3, -0.25) is 9.20 Å². The van der Waals surface area contributed by atoms with Gasteiger partial charge in [0.2, 0.25) is 0 Å². The summed E-state index contributed by atoms with van der Waals surface area (Å²) >= 11 is 5.90. The van der Waals surface area contributed by atoms with E-state index in [9.17, 15) is 9.59 Å². The average molecular weight is 310 g/mol. The normalized spacial score (nSPS) is 12.6. The summed E-state index contributed by atoms with van der Waals surface area (Å²) in [4.78, 5) is 27.8. The number of carbonyl (C=O) groups is 2. The fourth-order valence-electron chi connectivity index (χ4n) is 2.13. The van der Waals surface area contributed by atoms with Gasteiger partial charge in [-0.15, -0.1) is 0 Å². The van der Waals surface area contributed by atoms with Crippen LogP contribution in [0.5, 0.6) is 0 Å². The zero-order valence-corrected chi connectivity index (χ0v) is 12.7. The SMILES string of the molecule is Cc1nc2cc(Cl)ccn2c1C(=O)NC(C(=O)O)C(C)C. The summed E-state index contributed by atoms with van der Waals surface area (Å²) in [7, 11) is 0. The van der Waals surface area contributed by atoms with Crippen LogP contribution in [0.3, 0.4) is 0 Å². The van der Waals surface area contributed by atoms with Gasteiger partial charge in [0.1, 0.15) is 17.4 Å². The molecule has 21 heavy (non-hydrogen) atoms. The number of fused-ring (bicyclic) bond motifs is 1. The third-order valence-corrected chi connectivity index (χ3v) is 3.43. The van der Waals surface area contributed by atoms with Crippen molar-refractivity contribution in [2.24, 2.45) is 5.92 Å². The van der Waals surface area contributed by atoms with Crippen molar-refractivity contribution in [1.82, 2.24) is 14.7 Å². The molecule has 0 saturated carbocycles. The molecule has 0 bridgehead atoms. The molecule has 1 unspecified atom stereocenters. The summed E-state index contributed by atoms with van der Waals surface area (Å²) in [6.45, 7) is 5.17. The minimum Gasteiger partial charge on any atom is -0.480 e. The van der Waals surface area contributed by atoms with Crippen molar-refractivity contribution in [3.63, 3.8) is 0 Å². The molecule has 0 aliphatic heterocycles. The molecule has 2 N–H and O–H groups in total. The highest BCUT2D eigenvalue weighted by molar-refractivity contribution is 6.30. The lowest BCUT2D eigenvalue weighted by Gasteiger charge is -2.17. The predicted molar refractivity (Wildman–Crippen MR) is 78.7 cm³/mol. The van der Waals surface area contributed by atoms with Crippen molar-refractivity contribution >= 4 is 29.1 Å². The highest BCUT2D eigenvalue weighted by Crippen LogP contribution is 2.17. The predicted octanol–water partition coefficient (Wildman–Crippen LogP) is 2.14. The number of carboxylic acid groups (broad SMARTS) is 1. The molecule has 0 fully saturated rings. The van der Waals surface area contributed by atoms with Crippen LogP contribution >= 0.6 is 11.6 Å². The minimum atomic E-state index is -1.06. The van der Waals surface area contributed by atoms with Crippen LogP contribution in [0, 0.1) is 12.8 Å². The Bertz CT molecular complexity index is 709. The number of aromatic nitrogens is 2. The monoisotopic (exact) mass is 309 g/mol. The van der Waals surface area contributed by atoms with Gasteiger partial charge >= 0.3 is 5.97 Å². The van der Waals surface area contributed by atoms with Crippen LogP contribution in [0.1, 0.15) is 30.0 Å². The maximum Gasteiger partial charge on any atom is 0.326 e. The standard InChI is InChI=1S/C14H16ClN3O3/c1-7(2)11(14(20)21)17-13(19)12-8(3)16-10-6-9(15)4-5-18(10)12/h4-7,11H,1-3H3,(H,17,19)(H,20,21). The lowest BCUT2D eigenvalue weighted by Crippen LogP contribution is -2.44. The first-order chi connectivity index (χ1) is 9.81. The van der Waals surface area contributed by atoms with Crippen LogP contribution < -0.4 is 5.32 Å². The van der Waals surface area contributed by atoms with E-state index in [4.69, 9.17) is 16.7 Å². The number of aliphatic carboxylic acids is 1. The zero-order valence-electron chi connectivity index (χ0n) is 11.9. The first-order valence-electron chi connectivity index (χ1n) is 6.49. The maximum absolute atomic E-state index is 12.4. The van der Waals surface area contributed by atoms with Gasteiger partial charge in [-0.1, -0.05) is 25.4 Å². The highest BCUT2D eigenvalue weighted by atomic mass is 35.5. The molecule has 7 heteroatoms. The second-order valence-electron chi connectivity index (χ2n) is 5.15. The van der Waals surface area contributed by atoms with Gasteiger partial charge in [0.25, 0.3) is 5.91 Å². The Balaban J connectivity index is 2.39. The van der Waals surface area contributed by atoms with Crippen molar-refractivity contribution in [3.8, 4) is 0 Å². The summed E-state index contributed by atoms with van der Waals surface area (Å²) in [5.74, 6) is -1.75. The number of carboxylic acids is 1. The fraction of sp³-hybridized carbons (Fsp3) is 0.357. The van der Waals surface area contributed by atoms with E-state index in [0.717, 1.165) is 0 Å². The largest absolute Gasteiger partial charge is 0.480 e. The smallest absolute Gasteiger partial charge is 0.326 e. The van der Waals surface area contributed by atoms with Crippen LogP contribution in [0.15, 0.2) is 18.3 Å². The van der Waals surface area contributed by atoms with Gasteiger partial charge in [0, 0.05) is 17.3 Å². The highest BCUT2D eigenvalue weighted by Gasteiger charge is 2.26. The average Bonchev–Trinajstić information content (AvgIpc) is 2.69. The lowest BCUT2D eigenvalue weighted by atomic mass is 10.0. The van der Waals surface area contributed by atoms with E-state index < -0.39 is 17.9 Å². The molecule has 2 rings (SSSR count). The summed E-state index contributed by atoms with van der Waals surface area (Å²) < 4.78 is 1.59. The number of aryl methyl sites for hydroxylation is 1. The number of nitrogens with one attached hydrogen (secondary N) is 1. The Morgan fingerprint density at radius 1 is 1.43 bits per heavy atom. The number of carbonyl (C=O) groups excluding carboxylic acids is 1. The Labute approximate surface area is 126 Å². The molecule has 112 valence electrons. The van der Waals surface area contributed by atoms with Crippen molar-refractivity contribution in [2.45, 2.75) is 26.8 Å². The molecular weight excluding hydrogens is 294 g/mol. The van der Waals surface area contributed by atoms with Crippen molar-refractivity contribution in [1.29, 1.82) is 0 Å². The van der Waals surface area contributed by atoms with Gasteiger partial charge < -0.3 is 10.4 Å². The molecule has 1 amide bonds. The number of hydrogen-bond donors (Lipinski definition) is 2. The molecule has 0 aliphatic carbocycles. The van der Waals surface area contributed by atoms with Crippen molar-refractivity contribution in [3.05, 3.63) is 34.7 Å². The molecule has 0 aromatic carbocycles. The summed E-state index contributed by atoms with van der Waals surface area (Å²) in [5.41, 5.74) is 1.37. The number of rotatable bonds is 4. The third kappa shape index (κ3) is 3.00. The van der Waals surface area contributed by atoms with Crippen LogP contribution in [0.25, 0.3) is 5.65 Å². The Morgan fingerprint density at radius 3 is 2.67 bits per heavy atom. The Kier molecular flexibility index (Phi) is 4.18. The first kappa shape index (κ1) is 15.3. The quantitative estimate of drug-likeness (QED) is 0.906. The minimum absolute atomic E-state index is 0.222. The van der Waals surface area contributed by atoms with E-state index >= 15 is 0 Å². The van der Waals surface area contributed by atoms with Gasteiger partial charge in [-0.2, -0.15) is 0 Å². The second kappa shape index (κ2) is 5.73. The van der Waals surface area contributed by atoms with Crippen LogP contribution in [0.2, 0.25) is 5.02 Å². The second-order valence-corrected chi connectivity index (χ2v) is 5.59. The number of amides is 1. The molecule has 2 heterocycles.